The lowest BCUT2D eigenvalue weighted by Gasteiger charge is -2.13. The van der Waals surface area contributed by atoms with Gasteiger partial charge in [-0.25, -0.2) is 0 Å². The van der Waals surface area contributed by atoms with Gasteiger partial charge in [-0.05, 0) is 12.8 Å². The third kappa shape index (κ3) is 14.4. The molecule has 0 saturated carbocycles. The van der Waals surface area contributed by atoms with E-state index in [0.717, 1.165) is 26.0 Å². The first-order valence-electron chi connectivity index (χ1n) is 7.37. The number of nitrogens with one attached hydrogen (secondary N) is 1. The summed E-state index contributed by atoms with van der Waals surface area (Å²) >= 11 is 5.78. The van der Waals surface area contributed by atoms with E-state index in [1.807, 2.05) is 0 Å². The van der Waals surface area contributed by atoms with Gasteiger partial charge in [0.2, 0.25) is 0 Å². The van der Waals surface area contributed by atoms with E-state index < -0.39 is 0 Å². The van der Waals surface area contributed by atoms with Crippen molar-refractivity contribution in [2.45, 2.75) is 39.2 Å². The molecule has 19 heavy (non-hydrogen) atoms. The van der Waals surface area contributed by atoms with Crippen molar-refractivity contribution in [2.75, 3.05) is 52.1 Å². The summed E-state index contributed by atoms with van der Waals surface area (Å²) in [6, 6.07) is 0.391. The van der Waals surface area contributed by atoms with Gasteiger partial charge in [0, 0.05) is 25.1 Å². The number of halogens is 1. The Kier molecular flexibility index (Phi) is 16.3. The van der Waals surface area contributed by atoms with Crippen LogP contribution in [0.4, 0.5) is 0 Å². The molecule has 0 bridgehead atoms. The summed E-state index contributed by atoms with van der Waals surface area (Å²) in [5.74, 6) is 0.650. The van der Waals surface area contributed by atoms with Crippen LogP contribution in [-0.2, 0) is 14.2 Å². The number of alkyl halides is 1. The number of rotatable bonds is 15. The van der Waals surface area contributed by atoms with Crippen molar-refractivity contribution in [1.82, 2.24) is 5.32 Å². The summed E-state index contributed by atoms with van der Waals surface area (Å²) < 4.78 is 16.2. The Balaban J connectivity index is 3.02. The number of hydrogen-bond donors (Lipinski definition) is 1. The van der Waals surface area contributed by atoms with Crippen LogP contribution in [0, 0.1) is 0 Å². The molecule has 0 radical (unpaired) electrons. The maximum absolute atomic E-state index is 5.78. The maximum atomic E-state index is 5.78. The zero-order valence-corrected chi connectivity index (χ0v) is 13.2. The van der Waals surface area contributed by atoms with Crippen molar-refractivity contribution in [2.24, 2.45) is 0 Å². The fourth-order valence-electron chi connectivity index (χ4n) is 1.43. The minimum atomic E-state index is 0.391. The van der Waals surface area contributed by atoms with Crippen LogP contribution in [0.25, 0.3) is 0 Å². The van der Waals surface area contributed by atoms with Crippen molar-refractivity contribution < 1.29 is 14.2 Å². The van der Waals surface area contributed by atoms with Gasteiger partial charge < -0.3 is 19.5 Å². The fraction of sp³-hybridized carbons (Fsp3) is 1.00. The van der Waals surface area contributed by atoms with Crippen LogP contribution in [0.5, 0.6) is 0 Å². The molecule has 0 aromatic rings. The summed E-state index contributed by atoms with van der Waals surface area (Å²) in [4.78, 5) is 0. The van der Waals surface area contributed by atoms with E-state index >= 15 is 0 Å². The average Bonchev–Trinajstić information content (AvgIpc) is 2.44. The SMILES string of the molecule is CCCCOCCOCCOCCNC(CC)CCl. The molecule has 0 aromatic heterocycles. The summed E-state index contributed by atoms with van der Waals surface area (Å²) in [6.07, 6.45) is 3.34. The van der Waals surface area contributed by atoms with Crippen LogP contribution < -0.4 is 5.32 Å². The van der Waals surface area contributed by atoms with Gasteiger partial charge in [-0.1, -0.05) is 20.3 Å². The van der Waals surface area contributed by atoms with Crippen molar-refractivity contribution >= 4 is 11.6 Å². The van der Waals surface area contributed by atoms with E-state index in [-0.39, 0.29) is 0 Å². The van der Waals surface area contributed by atoms with Gasteiger partial charge in [-0.3, -0.25) is 0 Å². The number of ether oxygens (including phenoxy) is 3. The molecule has 5 heteroatoms. The molecule has 1 atom stereocenters. The zero-order chi connectivity index (χ0) is 14.2. The molecule has 0 saturated heterocycles. The number of unbranched alkanes of at least 4 members (excludes halogenated alkanes) is 1. The van der Waals surface area contributed by atoms with Crippen LogP contribution in [0.1, 0.15) is 33.1 Å². The Labute approximate surface area is 123 Å². The molecule has 0 rings (SSSR count). The van der Waals surface area contributed by atoms with Gasteiger partial charge in [0.25, 0.3) is 0 Å². The van der Waals surface area contributed by atoms with Gasteiger partial charge in [0.05, 0.1) is 33.0 Å². The molecular weight excluding hydrogens is 266 g/mol. The second-order valence-corrected chi connectivity index (χ2v) is 4.71. The van der Waals surface area contributed by atoms with Gasteiger partial charge in [-0.2, -0.15) is 0 Å². The standard InChI is InChI=1S/C14H30ClNO3/c1-3-5-7-17-9-11-19-12-10-18-8-6-16-14(4-2)13-15/h14,16H,3-13H2,1-2H3. The molecule has 0 aliphatic carbocycles. The Hall–Kier alpha value is 0.130. The van der Waals surface area contributed by atoms with Crippen molar-refractivity contribution in [1.29, 1.82) is 0 Å². The van der Waals surface area contributed by atoms with E-state index in [1.54, 1.807) is 0 Å². The molecule has 116 valence electrons. The van der Waals surface area contributed by atoms with E-state index in [9.17, 15) is 0 Å². The lowest BCUT2D eigenvalue weighted by Crippen LogP contribution is -2.33. The normalized spacial score (nSPS) is 12.8. The highest BCUT2D eigenvalue weighted by atomic mass is 35.5. The third-order valence-electron chi connectivity index (χ3n) is 2.74. The summed E-state index contributed by atoms with van der Waals surface area (Å²) in [6.45, 7) is 9.23. The minimum absolute atomic E-state index is 0.391. The van der Waals surface area contributed by atoms with Crippen molar-refractivity contribution in [3.63, 3.8) is 0 Å². The molecule has 0 aromatic carbocycles. The highest BCUT2D eigenvalue weighted by Gasteiger charge is 2.01. The highest BCUT2D eigenvalue weighted by Crippen LogP contribution is 1.93. The minimum Gasteiger partial charge on any atom is -0.379 e. The van der Waals surface area contributed by atoms with Crippen LogP contribution >= 0.6 is 11.6 Å². The van der Waals surface area contributed by atoms with E-state index in [2.05, 4.69) is 19.2 Å². The Morgan fingerprint density at radius 3 is 2.00 bits per heavy atom. The lowest BCUT2D eigenvalue weighted by atomic mass is 10.2. The molecule has 0 aliphatic heterocycles. The van der Waals surface area contributed by atoms with Crippen LogP contribution in [-0.4, -0.2) is 58.1 Å². The molecule has 4 nitrogen and oxygen atoms in total. The van der Waals surface area contributed by atoms with Crippen LogP contribution in [0.2, 0.25) is 0 Å². The monoisotopic (exact) mass is 295 g/mol. The zero-order valence-electron chi connectivity index (χ0n) is 12.5. The lowest BCUT2D eigenvalue weighted by molar-refractivity contribution is 0.0144. The predicted octanol–water partition coefficient (Wildman–Crippen LogP) is 2.44. The van der Waals surface area contributed by atoms with E-state index in [1.165, 1.54) is 6.42 Å². The molecule has 0 heterocycles. The molecule has 1 N–H and O–H groups in total. The highest BCUT2D eigenvalue weighted by molar-refractivity contribution is 6.18. The van der Waals surface area contributed by atoms with Crippen LogP contribution in [0.3, 0.4) is 0 Å². The maximum Gasteiger partial charge on any atom is 0.0701 e. The average molecular weight is 296 g/mol. The van der Waals surface area contributed by atoms with Crippen LogP contribution in [0.15, 0.2) is 0 Å². The first-order chi connectivity index (χ1) is 9.35. The van der Waals surface area contributed by atoms with Crippen molar-refractivity contribution in [3.05, 3.63) is 0 Å². The summed E-state index contributed by atoms with van der Waals surface area (Å²) in [5.41, 5.74) is 0. The number of hydrogen-bond acceptors (Lipinski definition) is 4. The molecule has 0 fully saturated rings. The molecule has 0 amide bonds. The smallest absolute Gasteiger partial charge is 0.0701 e. The molecule has 0 spiro atoms. The Morgan fingerprint density at radius 1 is 0.895 bits per heavy atom. The Morgan fingerprint density at radius 2 is 1.47 bits per heavy atom. The van der Waals surface area contributed by atoms with Gasteiger partial charge >= 0.3 is 0 Å². The fourth-order valence-corrected chi connectivity index (χ4v) is 1.76. The van der Waals surface area contributed by atoms with Gasteiger partial charge in [-0.15, -0.1) is 11.6 Å². The van der Waals surface area contributed by atoms with E-state index in [0.29, 0.717) is 45.0 Å². The second-order valence-electron chi connectivity index (χ2n) is 4.40. The molecule has 0 aliphatic rings. The topological polar surface area (TPSA) is 39.7 Å². The van der Waals surface area contributed by atoms with Crippen molar-refractivity contribution in [3.8, 4) is 0 Å². The predicted molar refractivity (Wildman–Crippen MR) is 80.2 cm³/mol. The first kappa shape index (κ1) is 19.1. The van der Waals surface area contributed by atoms with Gasteiger partial charge in [0.15, 0.2) is 0 Å². The Bertz CT molecular complexity index is 169. The molecule has 1 unspecified atom stereocenters. The first-order valence-corrected chi connectivity index (χ1v) is 7.91. The van der Waals surface area contributed by atoms with E-state index in [4.69, 9.17) is 25.8 Å². The summed E-state index contributed by atoms with van der Waals surface area (Å²) in [5, 5.41) is 3.33. The summed E-state index contributed by atoms with van der Waals surface area (Å²) in [7, 11) is 0. The quantitative estimate of drug-likeness (QED) is 0.372. The second kappa shape index (κ2) is 16.2. The largest absolute Gasteiger partial charge is 0.379 e. The molecular formula is C14H30ClNO3. The van der Waals surface area contributed by atoms with Gasteiger partial charge in [0.1, 0.15) is 0 Å². The third-order valence-corrected chi connectivity index (χ3v) is 3.12.